The molecule has 94 valence electrons. The molecule has 0 spiro atoms. The van der Waals surface area contributed by atoms with Crippen LogP contribution in [-0.4, -0.2) is 31.6 Å². The van der Waals surface area contributed by atoms with Gasteiger partial charge in [-0.1, -0.05) is 41.1 Å². The lowest BCUT2D eigenvalue weighted by atomic mass is 9.89. The van der Waals surface area contributed by atoms with E-state index in [2.05, 4.69) is 64.4 Å². The quantitative estimate of drug-likeness (QED) is 0.919. The number of hydrogen-bond acceptors (Lipinski definition) is 2. The number of benzene rings is 1. The fraction of sp³-hybridized carbons (Fsp3) is 0.571. The Kier molecular flexibility index (Phi) is 4.23. The second-order valence-electron chi connectivity index (χ2n) is 5.50. The van der Waals surface area contributed by atoms with E-state index in [1.54, 1.807) is 0 Å². The van der Waals surface area contributed by atoms with E-state index in [0.29, 0.717) is 5.41 Å². The second kappa shape index (κ2) is 5.51. The third-order valence-corrected chi connectivity index (χ3v) is 4.28. The number of hydrogen-bond donors (Lipinski definition) is 1. The highest BCUT2D eigenvalue weighted by molar-refractivity contribution is 9.10. The Morgan fingerprint density at radius 3 is 2.82 bits per heavy atom. The van der Waals surface area contributed by atoms with Crippen LogP contribution in [0.15, 0.2) is 28.7 Å². The van der Waals surface area contributed by atoms with Gasteiger partial charge in [-0.25, -0.2) is 0 Å². The van der Waals surface area contributed by atoms with E-state index < -0.39 is 0 Å². The van der Waals surface area contributed by atoms with Gasteiger partial charge in [-0.3, -0.25) is 0 Å². The van der Waals surface area contributed by atoms with E-state index in [0.717, 1.165) is 19.6 Å². The summed E-state index contributed by atoms with van der Waals surface area (Å²) in [5.74, 6) is 0. The number of nitrogens with zero attached hydrogens (tertiary/aromatic N) is 1. The molecule has 1 N–H and O–H groups in total. The van der Waals surface area contributed by atoms with Crippen LogP contribution in [0.2, 0.25) is 0 Å². The molecule has 0 bridgehead atoms. The van der Waals surface area contributed by atoms with Gasteiger partial charge in [0.2, 0.25) is 0 Å². The summed E-state index contributed by atoms with van der Waals surface area (Å²) in [6, 6.07) is 8.47. The highest BCUT2D eigenvalue weighted by Gasteiger charge is 2.29. The van der Waals surface area contributed by atoms with E-state index >= 15 is 0 Å². The zero-order valence-corrected chi connectivity index (χ0v) is 12.3. The summed E-state index contributed by atoms with van der Waals surface area (Å²) in [5, 5.41) is 3.46. The first-order valence-electron chi connectivity index (χ1n) is 6.22. The Bertz CT molecular complexity index is 372. The van der Waals surface area contributed by atoms with Crippen molar-refractivity contribution in [3.63, 3.8) is 0 Å². The molecule has 17 heavy (non-hydrogen) atoms. The Labute approximate surface area is 113 Å². The van der Waals surface area contributed by atoms with Crippen LogP contribution in [-0.2, 0) is 6.54 Å². The minimum atomic E-state index is 0.440. The molecule has 1 saturated heterocycles. The highest BCUT2D eigenvalue weighted by Crippen LogP contribution is 2.26. The van der Waals surface area contributed by atoms with E-state index in [1.807, 2.05) is 0 Å². The van der Waals surface area contributed by atoms with Crippen LogP contribution in [0.25, 0.3) is 0 Å². The van der Waals surface area contributed by atoms with Crippen molar-refractivity contribution in [1.82, 2.24) is 10.2 Å². The Balaban J connectivity index is 1.93. The van der Waals surface area contributed by atoms with Gasteiger partial charge >= 0.3 is 0 Å². The van der Waals surface area contributed by atoms with Crippen molar-refractivity contribution in [2.75, 3.05) is 26.7 Å². The second-order valence-corrected chi connectivity index (χ2v) is 6.36. The first-order chi connectivity index (χ1) is 8.09. The molecule has 1 aromatic carbocycles. The molecule has 1 unspecified atom stereocenters. The molecule has 1 atom stereocenters. The van der Waals surface area contributed by atoms with Crippen LogP contribution >= 0.6 is 15.9 Å². The topological polar surface area (TPSA) is 15.3 Å². The van der Waals surface area contributed by atoms with Crippen LogP contribution in [0.1, 0.15) is 18.9 Å². The molecule has 1 aliphatic rings. The fourth-order valence-corrected chi connectivity index (χ4v) is 3.04. The summed E-state index contributed by atoms with van der Waals surface area (Å²) in [7, 11) is 2.21. The SMILES string of the molecule is CN(Cc1ccccc1Br)CC1(C)CCNC1. The first kappa shape index (κ1) is 13.1. The maximum Gasteiger partial charge on any atom is 0.0242 e. The third kappa shape index (κ3) is 3.54. The van der Waals surface area contributed by atoms with Gasteiger partial charge in [0.15, 0.2) is 0 Å². The van der Waals surface area contributed by atoms with E-state index in [9.17, 15) is 0 Å². The average Bonchev–Trinajstić information content (AvgIpc) is 2.68. The molecule has 0 aliphatic carbocycles. The standard InChI is InChI=1S/C14H21BrN2/c1-14(7-8-16-10-14)11-17(2)9-12-5-3-4-6-13(12)15/h3-6,16H,7-11H2,1-2H3. The fourth-order valence-electron chi connectivity index (χ4n) is 2.63. The summed E-state index contributed by atoms with van der Waals surface area (Å²) in [6.45, 7) is 6.86. The van der Waals surface area contributed by atoms with Crippen molar-refractivity contribution >= 4 is 15.9 Å². The van der Waals surface area contributed by atoms with Crippen molar-refractivity contribution in [2.24, 2.45) is 5.41 Å². The molecular weight excluding hydrogens is 276 g/mol. The Morgan fingerprint density at radius 2 is 2.18 bits per heavy atom. The van der Waals surface area contributed by atoms with Gasteiger partial charge in [-0.15, -0.1) is 0 Å². The highest BCUT2D eigenvalue weighted by atomic mass is 79.9. The predicted molar refractivity (Wildman–Crippen MR) is 76.1 cm³/mol. The normalized spacial score (nSPS) is 24.5. The molecule has 0 aromatic heterocycles. The molecule has 2 nitrogen and oxygen atoms in total. The van der Waals surface area contributed by atoms with Crippen molar-refractivity contribution in [1.29, 1.82) is 0 Å². The molecule has 3 heteroatoms. The number of nitrogens with one attached hydrogen (secondary N) is 1. The lowest BCUT2D eigenvalue weighted by molar-refractivity contribution is 0.203. The summed E-state index contributed by atoms with van der Waals surface area (Å²) in [5.41, 5.74) is 1.81. The summed E-state index contributed by atoms with van der Waals surface area (Å²) >= 11 is 3.61. The average molecular weight is 297 g/mol. The van der Waals surface area contributed by atoms with E-state index in [-0.39, 0.29) is 0 Å². The maximum atomic E-state index is 3.61. The molecule has 0 amide bonds. The Hall–Kier alpha value is -0.380. The van der Waals surface area contributed by atoms with Crippen LogP contribution in [0.4, 0.5) is 0 Å². The monoisotopic (exact) mass is 296 g/mol. The zero-order chi connectivity index (χ0) is 12.3. The molecule has 0 radical (unpaired) electrons. The van der Waals surface area contributed by atoms with Gasteiger partial charge in [0.05, 0.1) is 0 Å². The molecule has 1 aromatic rings. The van der Waals surface area contributed by atoms with Gasteiger partial charge in [0.1, 0.15) is 0 Å². The lowest BCUT2D eigenvalue weighted by Crippen LogP contribution is -2.34. The minimum Gasteiger partial charge on any atom is -0.316 e. The van der Waals surface area contributed by atoms with Crippen LogP contribution < -0.4 is 5.32 Å². The summed E-state index contributed by atoms with van der Waals surface area (Å²) in [6.07, 6.45) is 1.29. The van der Waals surface area contributed by atoms with Crippen molar-refractivity contribution in [3.8, 4) is 0 Å². The smallest absolute Gasteiger partial charge is 0.0242 e. The molecule has 0 saturated carbocycles. The van der Waals surface area contributed by atoms with Crippen molar-refractivity contribution in [3.05, 3.63) is 34.3 Å². The largest absolute Gasteiger partial charge is 0.316 e. The summed E-state index contributed by atoms with van der Waals surface area (Å²) in [4.78, 5) is 2.42. The molecular formula is C14H21BrN2. The molecule has 1 aliphatic heterocycles. The van der Waals surface area contributed by atoms with Crippen molar-refractivity contribution in [2.45, 2.75) is 19.9 Å². The van der Waals surface area contributed by atoms with Crippen molar-refractivity contribution < 1.29 is 0 Å². The van der Waals surface area contributed by atoms with Crippen LogP contribution in [0.3, 0.4) is 0 Å². The van der Waals surface area contributed by atoms with Gasteiger partial charge in [-0.2, -0.15) is 0 Å². The first-order valence-corrected chi connectivity index (χ1v) is 7.01. The van der Waals surface area contributed by atoms with Gasteiger partial charge in [0, 0.05) is 24.1 Å². The Morgan fingerprint density at radius 1 is 1.41 bits per heavy atom. The van der Waals surface area contributed by atoms with E-state index in [1.165, 1.54) is 23.0 Å². The summed E-state index contributed by atoms with van der Waals surface area (Å²) < 4.78 is 1.21. The van der Waals surface area contributed by atoms with Gasteiger partial charge in [-0.05, 0) is 37.1 Å². The third-order valence-electron chi connectivity index (χ3n) is 3.51. The molecule has 1 heterocycles. The minimum absolute atomic E-state index is 0.440. The maximum absolute atomic E-state index is 3.61. The van der Waals surface area contributed by atoms with Gasteiger partial charge in [0.25, 0.3) is 0 Å². The molecule has 2 rings (SSSR count). The lowest BCUT2D eigenvalue weighted by Gasteiger charge is -2.29. The van der Waals surface area contributed by atoms with E-state index in [4.69, 9.17) is 0 Å². The van der Waals surface area contributed by atoms with Crippen LogP contribution in [0.5, 0.6) is 0 Å². The molecule has 1 fully saturated rings. The predicted octanol–water partition coefficient (Wildman–Crippen LogP) is 2.88. The zero-order valence-electron chi connectivity index (χ0n) is 10.7. The number of rotatable bonds is 4. The van der Waals surface area contributed by atoms with Crippen LogP contribution in [0, 0.1) is 5.41 Å². The number of halogens is 1. The van der Waals surface area contributed by atoms with Gasteiger partial charge < -0.3 is 10.2 Å².